The summed E-state index contributed by atoms with van der Waals surface area (Å²) in [5, 5.41) is 3.22. The highest BCUT2D eigenvalue weighted by atomic mass is 35.5. The largest absolute Gasteiger partial charge is 0.314 e. The summed E-state index contributed by atoms with van der Waals surface area (Å²) in [5.74, 6) is 0. The lowest BCUT2D eigenvalue weighted by Crippen LogP contribution is -2.44. The molecule has 0 bridgehead atoms. The van der Waals surface area contributed by atoms with Gasteiger partial charge in [-0.05, 0) is 0 Å². The Morgan fingerprint density at radius 3 is 2.50 bits per heavy atom. The molecule has 1 heterocycles. The van der Waals surface area contributed by atoms with Crippen molar-refractivity contribution in [2.24, 2.45) is 0 Å². The minimum absolute atomic E-state index is 0. The van der Waals surface area contributed by atoms with Crippen LogP contribution in [0.4, 0.5) is 0 Å². The molecule has 0 atom stereocenters. The lowest BCUT2D eigenvalue weighted by molar-refractivity contribution is -0.109. The lowest BCUT2D eigenvalue weighted by atomic mass is 10.4. The zero-order valence-electron chi connectivity index (χ0n) is 5.88. The van der Waals surface area contributed by atoms with E-state index in [1.165, 1.54) is 0 Å². The fourth-order valence-electron chi connectivity index (χ4n) is 0.999. The van der Waals surface area contributed by atoms with Crippen molar-refractivity contribution in [3.63, 3.8) is 0 Å². The molecule has 0 aromatic heterocycles. The van der Waals surface area contributed by atoms with Gasteiger partial charge in [0.25, 0.3) is 0 Å². The van der Waals surface area contributed by atoms with Gasteiger partial charge in [-0.25, -0.2) is 0 Å². The van der Waals surface area contributed by atoms with E-state index in [1.807, 2.05) is 0 Å². The van der Waals surface area contributed by atoms with Crippen molar-refractivity contribution in [2.45, 2.75) is 0 Å². The number of carbonyl (C=O) groups is 1. The van der Waals surface area contributed by atoms with Crippen LogP contribution in [-0.2, 0) is 4.79 Å². The summed E-state index contributed by atoms with van der Waals surface area (Å²) in [6, 6.07) is 0. The molecule has 4 heteroatoms. The van der Waals surface area contributed by atoms with Crippen LogP contribution in [0.15, 0.2) is 0 Å². The van der Waals surface area contributed by atoms with Gasteiger partial charge in [-0.1, -0.05) is 0 Å². The van der Waals surface area contributed by atoms with Crippen LogP contribution >= 0.6 is 12.4 Å². The Balaban J connectivity index is 0.000000810. The fourth-order valence-corrected chi connectivity index (χ4v) is 0.999. The highest BCUT2D eigenvalue weighted by Gasteiger charge is 2.06. The molecule has 0 radical (unpaired) electrons. The van der Waals surface area contributed by atoms with Crippen LogP contribution in [-0.4, -0.2) is 43.9 Å². The third kappa shape index (κ3) is 3.15. The number of aldehydes is 1. The normalized spacial score (nSPS) is 19.6. The highest BCUT2D eigenvalue weighted by molar-refractivity contribution is 5.85. The number of rotatable bonds is 2. The van der Waals surface area contributed by atoms with E-state index in [9.17, 15) is 4.79 Å². The maximum atomic E-state index is 10.0. The minimum atomic E-state index is 0. The summed E-state index contributed by atoms with van der Waals surface area (Å²) in [7, 11) is 0. The molecular formula is C6H13ClN2O. The van der Waals surface area contributed by atoms with E-state index in [1.54, 1.807) is 0 Å². The summed E-state index contributed by atoms with van der Waals surface area (Å²) in [6.07, 6.45) is 0.964. The van der Waals surface area contributed by atoms with E-state index >= 15 is 0 Å². The number of hydrogen-bond acceptors (Lipinski definition) is 3. The van der Waals surface area contributed by atoms with Gasteiger partial charge in [0.15, 0.2) is 0 Å². The average molecular weight is 165 g/mol. The van der Waals surface area contributed by atoms with E-state index in [2.05, 4.69) is 10.2 Å². The first-order valence-electron chi connectivity index (χ1n) is 3.30. The third-order valence-corrected chi connectivity index (χ3v) is 1.54. The van der Waals surface area contributed by atoms with Gasteiger partial charge in [0, 0.05) is 26.2 Å². The second-order valence-corrected chi connectivity index (χ2v) is 2.22. The van der Waals surface area contributed by atoms with Gasteiger partial charge in [-0.15, -0.1) is 12.4 Å². The summed E-state index contributed by atoms with van der Waals surface area (Å²) in [6.45, 7) is 4.67. The Morgan fingerprint density at radius 1 is 1.40 bits per heavy atom. The number of nitrogens with zero attached hydrogens (tertiary/aromatic N) is 1. The maximum absolute atomic E-state index is 10.0. The Kier molecular flexibility index (Phi) is 5.58. The van der Waals surface area contributed by atoms with Crippen molar-refractivity contribution in [1.82, 2.24) is 10.2 Å². The molecule has 10 heavy (non-hydrogen) atoms. The predicted molar refractivity (Wildman–Crippen MR) is 42.6 cm³/mol. The SMILES string of the molecule is Cl.O=CCN1CCNCC1. The van der Waals surface area contributed by atoms with Crippen molar-refractivity contribution in [2.75, 3.05) is 32.7 Å². The van der Waals surface area contributed by atoms with Crippen LogP contribution in [0.5, 0.6) is 0 Å². The fraction of sp³-hybridized carbons (Fsp3) is 0.833. The Morgan fingerprint density at radius 2 is 2.00 bits per heavy atom. The quantitative estimate of drug-likeness (QED) is 0.560. The van der Waals surface area contributed by atoms with Gasteiger partial charge >= 0.3 is 0 Å². The predicted octanol–water partition coefficient (Wildman–Crippen LogP) is -0.488. The smallest absolute Gasteiger partial charge is 0.133 e. The van der Waals surface area contributed by atoms with Crippen LogP contribution in [0.2, 0.25) is 0 Å². The molecule has 0 aromatic rings. The third-order valence-electron chi connectivity index (χ3n) is 1.54. The van der Waals surface area contributed by atoms with E-state index < -0.39 is 0 Å². The molecular weight excluding hydrogens is 152 g/mol. The average Bonchev–Trinajstić information content (AvgIpc) is 1.91. The van der Waals surface area contributed by atoms with Crippen LogP contribution in [0.25, 0.3) is 0 Å². The van der Waals surface area contributed by atoms with Crippen molar-refractivity contribution < 1.29 is 4.79 Å². The molecule has 3 nitrogen and oxygen atoms in total. The molecule has 1 aliphatic heterocycles. The molecule has 60 valence electrons. The topological polar surface area (TPSA) is 32.3 Å². The molecule has 1 N–H and O–H groups in total. The summed E-state index contributed by atoms with van der Waals surface area (Å²) < 4.78 is 0. The zero-order chi connectivity index (χ0) is 6.53. The van der Waals surface area contributed by atoms with Gasteiger partial charge in [-0.2, -0.15) is 0 Å². The zero-order valence-corrected chi connectivity index (χ0v) is 6.69. The van der Waals surface area contributed by atoms with Gasteiger partial charge in [0.2, 0.25) is 0 Å². The first-order chi connectivity index (χ1) is 4.43. The molecule has 1 saturated heterocycles. The molecule has 0 saturated carbocycles. The molecule has 0 aliphatic carbocycles. The van der Waals surface area contributed by atoms with Crippen LogP contribution < -0.4 is 5.32 Å². The summed E-state index contributed by atoms with van der Waals surface area (Å²) >= 11 is 0. The lowest BCUT2D eigenvalue weighted by Gasteiger charge is -2.24. The van der Waals surface area contributed by atoms with E-state index in [0.717, 1.165) is 32.5 Å². The monoisotopic (exact) mass is 164 g/mol. The van der Waals surface area contributed by atoms with Crippen molar-refractivity contribution in [1.29, 1.82) is 0 Å². The van der Waals surface area contributed by atoms with Gasteiger partial charge in [0.05, 0.1) is 6.54 Å². The van der Waals surface area contributed by atoms with Gasteiger partial charge in [0.1, 0.15) is 6.29 Å². The Hall–Kier alpha value is -0.120. The summed E-state index contributed by atoms with van der Waals surface area (Å²) in [4.78, 5) is 12.2. The standard InChI is InChI=1S/C6H12N2O.ClH/c9-6-5-8-3-1-7-2-4-8;/h6-7H,1-5H2;1H. The molecule has 1 aliphatic rings. The second kappa shape index (κ2) is 5.65. The van der Waals surface area contributed by atoms with Gasteiger partial charge < -0.3 is 10.1 Å². The first kappa shape index (κ1) is 9.88. The molecule has 1 rings (SSSR count). The van der Waals surface area contributed by atoms with Crippen molar-refractivity contribution in [3.8, 4) is 0 Å². The highest BCUT2D eigenvalue weighted by Crippen LogP contribution is 1.87. The molecule has 1 fully saturated rings. The number of nitrogens with one attached hydrogen (secondary N) is 1. The molecule has 0 unspecified atom stereocenters. The molecule has 0 spiro atoms. The van der Waals surface area contributed by atoms with E-state index in [4.69, 9.17) is 0 Å². The van der Waals surface area contributed by atoms with Crippen molar-refractivity contribution in [3.05, 3.63) is 0 Å². The number of halogens is 1. The van der Waals surface area contributed by atoms with Crippen LogP contribution in [0, 0.1) is 0 Å². The number of piperazine rings is 1. The number of carbonyl (C=O) groups excluding carboxylic acids is 1. The summed E-state index contributed by atoms with van der Waals surface area (Å²) in [5.41, 5.74) is 0. The van der Waals surface area contributed by atoms with Crippen molar-refractivity contribution >= 4 is 18.7 Å². The van der Waals surface area contributed by atoms with E-state index in [-0.39, 0.29) is 12.4 Å². The first-order valence-corrected chi connectivity index (χ1v) is 3.30. The Bertz CT molecular complexity index is 93.7. The number of hydrogen-bond donors (Lipinski definition) is 1. The van der Waals surface area contributed by atoms with Crippen LogP contribution in [0.3, 0.4) is 0 Å². The molecule has 0 aromatic carbocycles. The second-order valence-electron chi connectivity index (χ2n) is 2.22. The Labute approximate surface area is 67.2 Å². The van der Waals surface area contributed by atoms with Crippen LogP contribution in [0.1, 0.15) is 0 Å². The molecule has 0 amide bonds. The van der Waals surface area contributed by atoms with Gasteiger partial charge in [-0.3, -0.25) is 4.90 Å². The minimum Gasteiger partial charge on any atom is -0.314 e. The van der Waals surface area contributed by atoms with E-state index in [0.29, 0.717) is 6.54 Å². The maximum Gasteiger partial charge on any atom is 0.133 e.